The zero-order chi connectivity index (χ0) is 18.4. The molecule has 0 saturated carbocycles. The molecular weight excluding hydrogens is 356 g/mol. The summed E-state index contributed by atoms with van der Waals surface area (Å²) < 4.78 is 32.0. The number of carbonyl (C=O) groups is 2. The summed E-state index contributed by atoms with van der Waals surface area (Å²) in [4.78, 5) is 34.4. The molecule has 0 aliphatic carbocycles. The van der Waals surface area contributed by atoms with Crippen molar-refractivity contribution >= 4 is 27.5 Å². The van der Waals surface area contributed by atoms with Gasteiger partial charge in [-0.15, -0.1) is 0 Å². The van der Waals surface area contributed by atoms with E-state index in [1.807, 2.05) is 0 Å². The number of nitrogens with zero attached hydrogens (tertiary/aromatic N) is 3. The minimum Gasteiger partial charge on any atom is -0.368 e. The number of nitro benzene ring substituents is 1. The Hall–Kier alpha value is -2.57. The van der Waals surface area contributed by atoms with Gasteiger partial charge in [-0.1, -0.05) is 12.1 Å². The molecule has 1 aromatic rings. The van der Waals surface area contributed by atoms with E-state index in [0.717, 1.165) is 21.3 Å². The number of nitrogens with two attached hydrogens (primary N) is 1. The largest absolute Gasteiger partial charge is 0.368 e. The summed E-state index contributed by atoms with van der Waals surface area (Å²) in [5.41, 5.74) is 4.49. The lowest BCUT2D eigenvalue weighted by molar-refractivity contribution is -0.387. The molecule has 134 valence electrons. The summed E-state index contributed by atoms with van der Waals surface area (Å²) in [6.45, 7) is -0.731. The van der Waals surface area contributed by atoms with Crippen molar-refractivity contribution in [3.8, 4) is 0 Å². The number of ether oxygens (including phenoxy) is 1. The second kappa shape index (κ2) is 6.06. The average molecular weight is 370 g/mol. The van der Waals surface area contributed by atoms with Crippen LogP contribution < -0.4 is 5.73 Å². The predicted octanol–water partition coefficient (Wildman–Crippen LogP) is -1.36. The van der Waals surface area contributed by atoms with E-state index in [4.69, 9.17) is 10.5 Å². The van der Waals surface area contributed by atoms with Crippen LogP contribution in [0.2, 0.25) is 0 Å². The number of carbonyl (C=O) groups excluding carboxylic acids is 2. The SMILES string of the molecule is NC(=O)CN1C[C@@H]2OC[C@@H](C1=O)N2S(=O)(=O)c1ccccc1[N+](=O)[O-]. The molecule has 0 spiro atoms. The lowest BCUT2D eigenvalue weighted by Crippen LogP contribution is -2.60. The van der Waals surface area contributed by atoms with Gasteiger partial charge in [0.25, 0.3) is 15.7 Å². The maximum absolute atomic E-state index is 12.9. The third kappa shape index (κ3) is 2.83. The molecule has 1 aromatic carbocycles. The lowest BCUT2D eigenvalue weighted by Gasteiger charge is -2.36. The first-order valence-electron chi connectivity index (χ1n) is 7.19. The normalized spacial score (nSPS) is 23.7. The van der Waals surface area contributed by atoms with Crippen LogP contribution >= 0.6 is 0 Å². The first-order chi connectivity index (χ1) is 11.7. The number of primary amides is 1. The van der Waals surface area contributed by atoms with Gasteiger partial charge in [0.05, 0.1) is 24.6 Å². The number of fused-ring (bicyclic) bond motifs is 2. The summed E-state index contributed by atoms with van der Waals surface area (Å²) in [6, 6.07) is 3.68. The summed E-state index contributed by atoms with van der Waals surface area (Å²) in [7, 11) is -4.36. The van der Waals surface area contributed by atoms with Crippen molar-refractivity contribution in [2.45, 2.75) is 17.2 Å². The fourth-order valence-electron chi connectivity index (χ4n) is 2.94. The summed E-state index contributed by atoms with van der Waals surface area (Å²) in [5, 5.41) is 11.1. The molecule has 2 saturated heterocycles. The van der Waals surface area contributed by atoms with E-state index in [9.17, 15) is 28.1 Å². The van der Waals surface area contributed by atoms with Gasteiger partial charge < -0.3 is 15.4 Å². The number of sulfonamides is 1. The molecule has 2 atom stereocenters. The highest BCUT2D eigenvalue weighted by Gasteiger charge is 2.53. The van der Waals surface area contributed by atoms with E-state index in [1.165, 1.54) is 12.1 Å². The van der Waals surface area contributed by atoms with Crippen LogP contribution in [0.25, 0.3) is 0 Å². The molecule has 3 rings (SSSR count). The highest BCUT2D eigenvalue weighted by molar-refractivity contribution is 7.89. The quantitative estimate of drug-likeness (QED) is 0.496. The number of nitro groups is 1. The molecule has 2 bridgehead atoms. The molecule has 2 aliphatic heterocycles. The molecule has 2 heterocycles. The lowest BCUT2D eigenvalue weighted by atomic mass is 10.2. The second-order valence-corrected chi connectivity index (χ2v) is 7.36. The second-order valence-electron chi connectivity index (χ2n) is 5.55. The third-order valence-corrected chi connectivity index (χ3v) is 5.92. The van der Waals surface area contributed by atoms with Crippen molar-refractivity contribution in [3.63, 3.8) is 0 Å². The highest BCUT2D eigenvalue weighted by atomic mass is 32.2. The monoisotopic (exact) mass is 370 g/mol. The van der Waals surface area contributed by atoms with Crippen LogP contribution in [0.3, 0.4) is 0 Å². The first-order valence-corrected chi connectivity index (χ1v) is 8.63. The highest BCUT2D eigenvalue weighted by Crippen LogP contribution is 2.34. The Balaban J connectivity index is 1.99. The standard InChI is InChI=1S/C13H14N4O7S/c14-11(18)5-15-6-12-16(9(7-24-12)13(15)19)25(22,23)10-4-2-1-3-8(10)17(20)21/h1-4,9,12H,5-7H2,(H2,14,18)/t9-,12-/m0/s1. The van der Waals surface area contributed by atoms with Crippen LogP contribution in [0.4, 0.5) is 5.69 Å². The number of hydrogen-bond donors (Lipinski definition) is 1. The summed E-state index contributed by atoms with van der Waals surface area (Å²) >= 11 is 0. The van der Waals surface area contributed by atoms with Crippen LogP contribution in [0.1, 0.15) is 0 Å². The Morgan fingerprint density at radius 1 is 1.40 bits per heavy atom. The van der Waals surface area contributed by atoms with E-state index in [-0.39, 0.29) is 19.7 Å². The van der Waals surface area contributed by atoms with Gasteiger partial charge in [0.1, 0.15) is 12.3 Å². The topological polar surface area (TPSA) is 153 Å². The molecule has 12 heteroatoms. The minimum atomic E-state index is -4.36. The molecule has 2 amide bonds. The maximum Gasteiger partial charge on any atom is 0.289 e. The number of hydrogen-bond acceptors (Lipinski definition) is 7. The van der Waals surface area contributed by atoms with Crippen LogP contribution in [-0.2, 0) is 24.3 Å². The smallest absolute Gasteiger partial charge is 0.289 e. The van der Waals surface area contributed by atoms with E-state index in [0.29, 0.717) is 0 Å². The third-order valence-electron chi connectivity index (χ3n) is 3.97. The molecule has 0 aromatic heterocycles. The Morgan fingerprint density at radius 2 is 2.08 bits per heavy atom. The van der Waals surface area contributed by atoms with Crippen LogP contribution in [0.15, 0.2) is 29.2 Å². The Labute approximate surface area is 142 Å². The van der Waals surface area contributed by atoms with Crippen LogP contribution in [-0.4, -0.2) is 66.3 Å². The predicted molar refractivity (Wildman–Crippen MR) is 81.4 cm³/mol. The molecular formula is C13H14N4O7S. The fourth-order valence-corrected chi connectivity index (χ4v) is 4.75. The molecule has 2 aliphatic rings. The zero-order valence-electron chi connectivity index (χ0n) is 12.8. The van der Waals surface area contributed by atoms with Crippen molar-refractivity contribution < 1.29 is 27.7 Å². The van der Waals surface area contributed by atoms with E-state index < -0.39 is 49.6 Å². The summed E-state index contributed by atoms with van der Waals surface area (Å²) in [5.74, 6) is -1.36. The van der Waals surface area contributed by atoms with Gasteiger partial charge in [0, 0.05) is 6.07 Å². The Kier molecular flexibility index (Phi) is 4.18. The average Bonchev–Trinajstić information content (AvgIpc) is 2.91. The molecule has 25 heavy (non-hydrogen) atoms. The Bertz CT molecular complexity index is 856. The van der Waals surface area contributed by atoms with E-state index >= 15 is 0 Å². The van der Waals surface area contributed by atoms with Gasteiger partial charge in [-0.25, -0.2) is 8.42 Å². The molecule has 2 fully saturated rings. The molecule has 0 radical (unpaired) electrons. The molecule has 11 nitrogen and oxygen atoms in total. The van der Waals surface area contributed by atoms with Crippen LogP contribution in [0, 0.1) is 10.1 Å². The number of para-hydroxylation sites is 1. The van der Waals surface area contributed by atoms with Crippen LogP contribution in [0.5, 0.6) is 0 Å². The Morgan fingerprint density at radius 3 is 2.72 bits per heavy atom. The van der Waals surface area contributed by atoms with Crippen molar-refractivity contribution in [1.82, 2.24) is 9.21 Å². The van der Waals surface area contributed by atoms with Gasteiger partial charge in [0.2, 0.25) is 11.8 Å². The first kappa shape index (κ1) is 17.3. The fraction of sp³-hybridized carbons (Fsp3) is 0.385. The van der Waals surface area contributed by atoms with Crippen molar-refractivity contribution in [2.24, 2.45) is 5.73 Å². The van der Waals surface area contributed by atoms with Gasteiger partial charge in [0.15, 0.2) is 4.90 Å². The van der Waals surface area contributed by atoms with Crippen molar-refractivity contribution in [1.29, 1.82) is 0 Å². The molecule has 2 N–H and O–H groups in total. The van der Waals surface area contributed by atoms with E-state index in [2.05, 4.69) is 0 Å². The van der Waals surface area contributed by atoms with Crippen molar-refractivity contribution in [2.75, 3.05) is 19.7 Å². The van der Waals surface area contributed by atoms with Gasteiger partial charge in [-0.3, -0.25) is 19.7 Å². The number of benzene rings is 1. The number of amides is 2. The van der Waals surface area contributed by atoms with E-state index in [1.54, 1.807) is 0 Å². The van der Waals surface area contributed by atoms with Crippen molar-refractivity contribution in [3.05, 3.63) is 34.4 Å². The summed E-state index contributed by atoms with van der Waals surface area (Å²) in [6.07, 6.45) is -1.04. The van der Waals surface area contributed by atoms with Gasteiger partial charge in [-0.2, -0.15) is 4.31 Å². The van der Waals surface area contributed by atoms with Gasteiger partial charge >= 0.3 is 0 Å². The number of rotatable bonds is 5. The van der Waals surface area contributed by atoms with Gasteiger partial charge in [-0.05, 0) is 6.07 Å². The maximum atomic E-state index is 12.9. The minimum absolute atomic E-state index is 0.182. The number of piperazine rings is 1. The molecule has 0 unspecified atom stereocenters. The zero-order valence-corrected chi connectivity index (χ0v) is 13.6.